The molecule has 3 atom stereocenters. The fourth-order valence-electron chi connectivity index (χ4n) is 4.67. The van der Waals surface area contributed by atoms with E-state index in [-0.39, 0.29) is 42.6 Å². The van der Waals surface area contributed by atoms with E-state index < -0.39 is 0 Å². The van der Waals surface area contributed by atoms with Crippen molar-refractivity contribution < 1.29 is 24.2 Å². The number of nitrogens with one attached hydrogen (secondary N) is 2. The molecular formula is C22H39N3O5. The number of hydrogen-bond donors (Lipinski definition) is 3. The molecule has 30 heavy (non-hydrogen) atoms. The number of aliphatic hydroxyl groups is 1. The first-order chi connectivity index (χ1) is 14.7. The van der Waals surface area contributed by atoms with Crippen molar-refractivity contribution in [1.29, 1.82) is 0 Å². The van der Waals surface area contributed by atoms with Gasteiger partial charge in [-0.25, -0.2) is 0 Å². The smallest absolute Gasteiger partial charge is 0.223 e. The van der Waals surface area contributed by atoms with Crippen molar-refractivity contribution in [2.24, 2.45) is 5.92 Å². The molecule has 0 aromatic heterocycles. The highest BCUT2D eigenvalue weighted by atomic mass is 16.5. The Kier molecular flexibility index (Phi) is 9.84. The molecule has 0 radical (unpaired) electrons. The Balaban J connectivity index is 1.31. The lowest BCUT2D eigenvalue weighted by Crippen LogP contribution is -2.52. The van der Waals surface area contributed by atoms with Crippen LogP contribution in [0.5, 0.6) is 0 Å². The molecule has 0 aliphatic carbocycles. The summed E-state index contributed by atoms with van der Waals surface area (Å²) < 4.78 is 11.3. The van der Waals surface area contributed by atoms with Crippen molar-refractivity contribution in [2.75, 3.05) is 46.0 Å². The largest absolute Gasteiger partial charge is 0.394 e. The predicted molar refractivity (Wildman–Crippen MR) is 113 cm³/mol. The maximum absolute atomic E-state index is 12.5. The first-order valence-corrected chi connectivity index (χ1v) is 11.8. The van der Waals surface area contributed by atoms with Crippen LogP contribution in [0.15, 0.2) is 0 Å². The van der Waals surface area contributed by atoms with E-state index in [2.05, 4.69) is 15.5 Å². The highest BCUT2D eigenvalue weighted by molar-refractivity contribution is 5.79. The number of nitrogens with zero attached hydrogens (tertiary/aromatic N) is 1. The van der Waals surface area contributed by atoms with Gasteiger partial charge in [-0.2, -0.15) is 0 Å². The van der Waals surface area contributed by atoms with Gasteiger partial charge in [0.25, 0.3) is 0 Å². The number of piperidine rings is 1. The highest BCUT2D eigenvalue weighted by Crippen LogP contribution is 2.23. The number of likely N-dealkylation sites (tertiary alicyclic amines) is 1. The third kappa shape index (κ3) is 7.48. The van der Waals surface area contributed by atoms with Crippen LogP contribution in [-0.4, -0.2) is 86.1 Å². The minimum absolute atomic E-state index is 0.000720. The van der Waals surface area contributed by atoms with E-state index in [9.17, 15) is 14.7 Å². The summed E-state index contributed by atoms with van der Waals surface area (Å²) in [5.74, 6) is 0.137. The van der Waals surface area contributed by atoms with Gasteiger partial charge < -0.3 is 30.1 Å². The van der Waals surface area contributed by atoms with Gasteiger partial charge >= 0.3 is 0 Å². The summed E-state index contributed by atoms with van der Waals surface area (Å²) in [5, 5.41) is 15.8. The first-order valence-electron chi connectivity index (χ1n) is 11.8. The summed E-state index contributed by atoms with van der Waals surface area (Å²) in [6, 6.07) is -0.152. The molecule has 0 aromatic rings. The lowest BCUT2D eigenvalue weighted by Gasteiger charge is -2.37. The van der Waals surface area contributed by atoms with Crippen LogP contribution in [0.4, 0.5) is 0 Å². The Morgan fingerprint density at radius 1 is 1.03 bits per heavy atom. The van der Waals surface area contributed by atoms with E-state index >= 15 is 0 Å². The fourth-order valence-corrected chi connectivity index (χ4v) is 4.67. The molecule has 2 amide bonds. The van der Waals surface area contributed by atoms with Gasteiger partial charge in [-0.15, -0.1) is 0 Å². The SMILES string of the molecule is O=C(CCN1CCCCC1)NCC[C@@H]1CC[C@@H](NC(=O)C2CCOCC2)[C@H](CO)O1. The van der Waals surface area contributed by atoms with Crippen molar-refractivity contribution in [2.45, 2.75) is 76.0 Å². The molecule has 0 unspecified atom stereocenters. The molecule has 3 saturated heterocycles. The Hall–Kier alpha value is -1.22. The van der Waals surface area contributed by atoms with Gasteiger partial charge in [0.2, 0.25) is 11.8 Å². The number of carbonyl (C=O) groups excluding carboxylic acids is 2. The van der Waals surface area contributed by atoms with Gasteiger partial charge in [-0.05, 0) is 58.0 Å². The van der Waals surface area contributed by atoms with Crippen molar-refractivity contribution in [3.8, 4) is 0 Å². The van der Waals surface area contributed by atoms with Crippen LogP contribution in [0.2, 0.25) is 0 Å². The summed E-state index contributed by atoms with van der Waals surface area (Å²) in [7, 11) is 0. The molecule has 3 fully saturated rings. The Morgan fingerprint density at radius 3 is 2.53 bits per heavy atom. The number of rotatable bonds is 9. The summed E-state index contributed by atoms with van der Waals surface area (Å²) >= 11 is 0. The predicted octanol–water partition coefficient (Wildman–Crippen LogP) is 0.820. The minimum Gasteiger partial charge on any atom is -0.394 e. The zero-order valence-corrected chi connectivity index (χ0v) is 18.2. The molecule has 0 bridgehead atoms. The van der Waals surface area contributed by atoms with Crippen LogP contribution >= 0.6 is 0 Å². The molecule has 0 spiro atoms. The Labute approximate surface area is 180 Å². The number of aliphatic hydroxyl groups excluding tert-OH is 1. The molecule has 8 nitrogen and oxygen atoms in total. The molecule has 172 valence electrons. The highest BCUT2D eigenvalue weighted by Gasteiger charge is 2.33. The van der Waals surface area contributed by atoms with Gasteiger partial charge in [-0.1, -0.05) is 6.42 Å². The van der Waals surface area contributed by atoms with Gasteiger partial charge in [0.05, 0.1) is 18.8 Å². The van der Waals surface area contributed by atoms with Crippen molar-refractivity contribution in [3.05, 3.63) is 0 Å². The molecule has 8 heteroatoms. The van der Waals surface area contributed by atoms with Gasteiger partial charge in [0.1, 0.15) is 6.10 Å². The average molecular weight is 426 g/mol. The second-order valence-electron chi connectivity index (χ2n) is 8.85. The number of carbonyl (C=O) groups is 2. The van der Waals surface area contributed by atoms with Crippen LogP contribution in [0, 0.1) is 5.92 Å². The van der Waals surface area contributed by atoms with E-state index in [0.717, 1.165) is 51.7 Å². The molecule has 3 heterocycles. The van der Waals surface area contributed by atoms with Crippen molar-refractivity contribution in [3.63, 3.8) is 0 Å². The van der Waals surface area contributed by atoms with Crippen LogP contribution in [0.25, 0.3) is 0 Å². The second-order valence-corrected chi connectivity index (χ2v) is 8.85. The molecular weight excluding hydrogens is 386 g/mol. The maximum Gasteiger partial charge on any atom is 0.223 e. The zero-order chi connectivity index (χ0) is 21.2. The van der Waals surface area contributed by atoms with E-state index in [1.807, 2.05) is 0 Å². The van der Waals surface area contributed by atoms with Crippen LogP contribution in [0.3, 0.4) is 0 Å². The second kappa shape index (κ2) is 12.6. The van der Waals surface area contributed by atoms with Crippen molar-refractivity contribution >= 4 is 11.8 Å². The van der Waals surface area contributed by atoms with E-state index in [0.29, 0.717) is 26.2 Å². The molecule has 3 N–H and O–H groups in total. The number of hydrogen-bond acceptors (Lipinski definition) is 6. The quantitative estimate of drug-likeness (QED) is 0.506. The first kappa shape index (κ1) is 23.4. The number of amides is 2. The summed E-state index contributed by atoms with van der Waals surface area (Å²) in [4.78, 5) is 26.9. The Morgan fingerprint density at radius 2 is 1.80 bits per heavy atom. The topological polar surface area (TPSA) is 100 Å². The van der Waals surface area contributed by atoms with Crippen LogP contribution < -0.4 is 10.6 Å². The molecule has 3 aliphatic heterocycles. The van der Waals surface area contributed by atoms with Gasteiger partial charge in [-0.3, -0.25) is 9.59 Å². The average Bonchev–Trinajstić information content (AvgIpc) is 2.79. The lowest BCUT2D eigenvalue weighted by atomic mass is 9.94. The Bertz CT molecular complexity index is 535. The molecule has 3 rings (SSSR count). The molecule has 0 aromatic carbocycles. The van der Waals surface area contributed by atoms with E-state index in [1.165, 1.54) is 19.3 Å². The summed E-state index contributed by atoms with van der Waals surface area (Å²) in [6.45, 7) is 4.80. The van der Waals surface area contributed by atoms with E-state index in [4.69, 9.17) is 9.47 Å². The number of ether oxygens (including phenoxy) is 2. The normalized spacial score (nSPS) is 28.8. The van der Waals surface area contributed by atoms with Crippen LogP contribution in [0.1, 0.15) is 57.8 Å². The fraction of sp³-hybridized carbons (Fsp3) is 0.909. The molecule has 0 saturated carbocycles. The van der Waals surface area contributed by atoms with E-state index in [1.54, 1.807) is 0 Å². The van der Waals surface area contributed by atoms with Gasteiger partial charge in [0, 0.05) is 38.6 Å². The maximum atomic E-state index is 12.5. The molecule has 3 aliphatic rings. The lowest BCUT2D eigenvalue weighted by molar-refractivity contribution is -0.135. The minimum atomic E-state index is -0.387. The van der Waals surface area contributed by atoms with Crippen molar-refractivity contribution in [1.82, 2.24) is 15.5 Å². The third-order valence-corrected chi connectivity index (χ3v) is 6.61. The summed E-state index contributed by atoms with van der Waals surface area (Å²) in [6.07, 6.45) is 7.78. The van der Waals surface area contributed by atoms with Gasteiger partial charge in [0.15, 0.2) is 0 Å². The van der Waals surface area contributed by atoms with Crippen LogP contribution in [-0.2, 0) is 19.1 Å². The summed E-state index contributed by atoms with van der Waals surface area (Å²) in [5.41, 5.74) is 0. The monoisotopic (exact) mass is 425 g/mol. The zero-order valence-electron chi connectivity index (χ0n) is 18.2. The standard InChI is InChI=1S/C22H39N3O5/c26-16-20-19(24-22(28)17-8-14-29-15-9-17)5-4-18(30-20)6-10-23-21(27)7-13-25-11-2-1-3-12-25/h17-20,26H,1-16H2,(H,23,27)(H,24,28)/t18-,19+,20-/m0/s1. The third-order valence-electron chi connectivity index (χ3n) is 6.61.